The molecular formula is C21H26O. The van der Waals surface area contributed by atoms with Crippen LogP contribution in [0.3, 0.4) is 0 Å². The first-order chi connectivity index (χ1) is 10.5. The Bertz CT molecular complexity index is 637. The summed E-state index contributed by atoms with van der Waals surface area (Å²) in [6, 6.07) is 15.6. The van der Waals surface area contributed by atoms with Crippen molar-refractivity contribution in [2.24, 2.45) is 11.8 Å². The van der Waals surface area contributed by atoms with E-state index in [4.69, 9.17) is 4.74 Å². The topological polar surface area (TPSA) is 9.23 Å². The molecule has 2 aromatic carbocycles. The van der Waals surface area contributed by atoms with Gasteiger partial charge in [-0.3, -0.25) is 0 Å². The highest BCUT2D eigenvalue weighted by Gasteiger charge is 2.22. The molecule has 0 fully saturated rings. The Morgan fingerprint density at radius 3 is 2.23 bits per heavy atom. The van der Waals surface area contributed by atoms with Crippen LogP contribution in [0.15, 0.2) is 42.5 Å². The molecule has 0 aromatic heterocycles. The minimum absolute atomic E-state index is 0.578. The highest BCUT2D eigenvalue weighted by Crippen LogP contribution is 2.34. The summed E-state index contributed by atoms with van der Waals surface area (Å²) in [7, 11) is 0. The number of rotatable bonds is 3. The first-order valence-corrected chi connectivity index (χ1v) is 8.40. The van der Waals surface area contributed by atoms with Gasteiger partial charge in [0.25, 0.3) is 0 Å². The molecule has 0 N–H and O–H groups in total. The monoisotopic (exact) mass is 294 g/mol. The van der Waals surface area contributed by atoms with Crippen molar-refractivity contribution >= 4 is 0 Å². The van der Waals surface area contributed by atoms with Crippen molar-refractivity contribution in [1.29, 1.82) is 0 Å². The molecule has 0 spiro atoms. The minimum atomic E-state index is 0.578. The molecule has 1 aliphatic heterocycles. The van der Waals surface area contributed by atoms with E-state index in [-0.39, 0.29) is 0 Å². The molecule has 1 nitrogen and oxygen atoms in total. The highest BCUT2D eigenvalue weighted by molar-refractivity contribution is 5.66. The van der Waals surface area contributed by atoms with E-state index in [1.165, 1.54) is 22.3 Å². The van der Waals surface area contributed by atoms with Crippen LogP contribution in [0.5, 0.6) is 5.75 Å². The van der Waals surface area contributed by atoms with Gasteiger partial charge in [0.15, 0.2) is 0 Å². The van der Waals surface area contributed by atoms with Gasteiger partial charge >= 0.3 is 0 Å². The lowest BCUT2D eigenvalue weighted by molar-refractivity contribution is 0.185. The van der Waals surface area contributed by atoms with Gasteiger partial charge in [-0.25, -0.2) is 0 Å². The van der Waals surface area contributed by atoms with Crippen LogP contribution in [-0.4, -0.2) is 6.61 Å². The summed E-state index contributed by atoms with van der Waals surface area (Å²) < 4.78 is 6.02. The van der Waals surface area contributed by atoms with Crippen molar-refractivity contribution in [2.45, 2.75) is 40.0 Å². The molecule has 0 saturated carbocycles. The molecule has 0 bridgehead atoms. The summed E-state index contributed by atoms with van der Waals surface area (Å²) >= 11 is 0. The summed E-state index contributed by atoms with van der Waals surface area (Å²) in [6.45, 7) is 9.87. The van der Waals surface area contributed by atoms with Crippen LogP contribution in [0.2, 0.25) is 0 Å². The zero-order valence-electron chi connectivity index (χ0n) is 14.1. The van der Waals surface area contributed by atoms with Crippen LogP contribution in [0, 0.1) is 11.8 Å². The van der Waals surface area contributed by atoms with Gasteiger partial charge in [-0.2, -0.15) is 0 Å². The van der Waals surface area contributed by atoms with E-state index in [0.717, 1.165) is 18.8 Å². The molecule has 1 unspecified atom stereocenters. The third-order valence-corrected chi connectivity index (χ3v) is 4.86. The quantitative estimate of drug-likeness (QED) is 0.707. The molecule has 1 heteroatoms. The SMILES string of the molecule is CC(C)c1ccc(-c2ccc3c(c2)OCC(C(C)C)C3)cc1. The molecule has 1 heterocycles. The van der Waals surface area contributed by atoms with Crippen LogP contribution in [0.1, 0.15) is 44.7 Å². The zero-order valence-corrected chi connectivity index (χ0v) is 14.1. The van der Waals surface area contributed by atoms with Crippen LogP contribution >= 0.6 is 0 Å². The molecule has 116 valence electrons. The lowest BCUT2D eigenvalue weighted by atomic mass is 9.87. The summed E-state index contributed by atoms with van der Waals surface area (Å²) in [5.41, 5.74) is 5.25. The lowest BCUT2D eigenvalue weighted by Gasteiger charge is -2.28. The van der Waals surface area contributed by atoms with Gasteiger partial charge in [0.05, 0.1) is 6.61 Å². The first kappa shape index (κ1) is 15.1. The fourth-order valence-corrected chi connectivity index (χ4v) is 3.06. The van der Waals surface area contributed by atoms with Gasteiger partial charge in [0.1, 0.15) is 5.75 Å². The number of benzene rings is 2. The van der Waals surface area contributed by atoms with Crippen LogP contribution in [-0.2, 0) is 6.42 Å². The van der Waals surface area contributed by atoms with Gasteiger partial charge < -0.3 is 4.74 Å². The normalized spacial score (nSPS) is 17.5. The maximum atomic E-state index is 6.02. The Balaban J connectivity index is 1.85. The van der Waals surface area contributed by atoms with E-state index in [2.05, 4.69) is 70.2 Å². The van der Waals surface area contributed by atoms with Gasteiger partial charge in [-0.1, -0.05) is 64.1 Å². The van der Waals surface area contributed by atoms with E-state index in [1.54, 1.807) is 0 Å². The van der Waals surface area contributed by atoms with E-state index in [1.807, 2.05) is 0 Å². The Labute approximate surface area is 134 Å². The van der Waals surface area contributed by atoms with Gasteiger partial charge in [0.2, 0.25) is 0 Å². The largest absolute Gasteiger partial charge is 0.493 e. The average Bonchev–Trinajstić information content (AvgIpc) is 2.54. The van der Waals surface area contributed by atoms with Crippen molar-refractivity contribution in [2.75, 3.05) is 6.61 Å². The molecule has 3 rings (SSSR count). The second kappa shape index (κ2) is 6.16. The Morgan fingerprint density at radius 2 is 1.59 bits per heavy atom. The number of hydrogen-bond acceptors (Lipinski definition) is 1. The van der Waals surface area contributed by atoms with E-state index >= 15 is 0 Å². The molecule has 1 atom stereocenters. The number of ether oxygens (including phenoxy) is 1. The fraction of sp³-hybridized carbons (Fsp3) is 0.429. The smallest absolute Gasteiger partial charge is 0.123 e. The molecule has 0 amide bonds. The maximum absolute atomic E-state index is 6.02. The molecular weight excluding hydrogens is 268 g/mol. The van der Waals surface area contributed by atoms with Crippen molar-refractivity contribution in [1.82, 2.24) is 0 Å². The van der Waals surface area contributed by atoms with Crippen molar-refractivity contribution < 1.29 is 4.74 Å². The molecule has 0 saturated heterocycles. The Morgan fingerprint density at radius 1 is 0.909 bits per heavy atom. The second-order valence-electron chi connectivity index (χ2n) is 7.12. The maximum Gasteiger partial charge on any atom is 0.123 e. The fourth-order valence-electron chi connectivity index (χ4n) is 3.06. The van der Waals surface area contributed by atoms with Gasteiger partial charge in [0, 0.05) is 0 Å². The summed E-state index contributed by atoms with van der Waals surface area (Å²) in [5, 5.41) is 0. The predicted molar refractivity (Wildman–Crippen MR) is 93.5 cm³/mol. The average molecular weight is 294 g/mol. The lowest BCUT2D eigenvalue weighted by Crippen LogP contribution is -2.25. The minimum Gasteiger partial charge on any atom is -0.493 e. The number of hydrogen-bond donors (Lipinski definition) is 0. The van der Waals surface area contributed by atoms with Gasteiger partial charge in [-0.15, -0.1) is 0 Å². The van der Waals surface area contributed by atoms with Crippen molar-refractivity contribution in [3.05, 3.63) is 53.6 Å². The van der Waals surface area contributed by atoms with E-state index < -0.39 is 0 Å². The zero-order chi connectivity index (χ0) is 15.7. The van der Waals surface area contributed by atoms with E-state index in [9.17, 15) is 0 Å². The van der Waals surface area contributed by atoms with Crippen LogP contribution < -0.4 is 4.74 Å². The van der Waals surface area contributed by atoms with Crippen LogP contribution in [0.4, 0.5) is 0 Å². The second-order valence-corrected chi connectivity index (χ2v) is 7.12. The molecule has 0 aliphatic carbocycles. The van der Waals surface area contributed by atoms with Crippen LogP contribution in [0.25, 0.3) is 11.1 Å². The third-order valence-electron chi connectivity index (χ3n) is 4.86. The molecule has 22 heavy (non-hydrogen) atoms. The molecule has 2 aromatic rings. The Kier molecular flexibility index (Phi) is 4.24. The number of fused-ring (bicyclic) bond motifs is 1. The van der Waals surface area contributed by atoms with Crippen molar-refractivity contribution in [3.8, 4) is 16.9 Å². The summed E-state index contributed by atoms with van der Waals surface area (Å²) in [4.78, 5) is 0. The predicted octanol–water partition coefficient (Wildman–Crippen LogP) is 5.68. The third kappa shape index (κ3) is 3.04. The molecule has 1 aliphatic rings. The van der Waals surface area contributed by atoms with Gasteiger partial charge in [-0.05, 0) is 52.5 Å². The van der Waals surface area contributed by atoms with Crippen molar-refractivity contribution in [3.63, 3.8) is 0 Å². The molecule has 0 radical (unpaired) electrons. The summed E-state index contributed by atoms with van der Waals surface area (Å²) in [6.07, 6.45) is 1.14. The van der Waals surface area contributed by atoms with E-state index in [0.29, 0.717) is 17.8 Å². The highest BCUT2D eigenvalue weighted by atomic mass is 16.5. The summed E-state index contributed by atoms with van der Waals surface area (Å²) in [5.74, 6) is 2.97. The Hall–Kier alpha value is -1.76. The first-order valence-electron chi connectivity index (χ1n) is 8.40. The standard InChI is InChI=1S/C21H26O/c1-14(2)16-5-7-17(8-6-16)18-9-10-19-11-20(15(3)4)13-22-21(19)12-18/h5-10,12,14-15,20H,11,13H2,1-4H3.